The molecule has 0 spiro atoms. The van der Waals surface area contributed by atoms with Crippen molar-refractivity contribution in [1.82, 2.24) is 14.9 Å². The van der Waals surface area contributed by atoms with E-state index in [1.165, 1.54) is 4.90 Å². The quantitative estimate of drug-likeness (QED) is 0.399. The van der Waals surface area contributed by atoms with E-state index in [1.807, 2.05) is 0 Å². The molecular formula is C4H9N5O4. The van der Waals surface area contributed by atoms with Crippen molar-refractivity contribution in [2.45, 2.75) is 0 Å². The molecule has 0 aromatic rings. The fourth-order valence-electron chi connectivity index (χ4n) is 1.09. The van der Waals surface area contributed by atoms with Crippen LogP contribution >= 0.6 is 0 Å². The first-order chi connectivity index (χ1) is 6.00. The molecule has 0 saturated carbocycles. The average molecular weight is 191 g/mol. The molecule has 0 radical (unpaired) electrons. The molecule has 1 aliphatic heterocycles. The van der Waals surface area contributed by atoms with Crippen molar-refractivity contribution >= 4 is 0 Å². The molecule has 0 amide bonds. The minimum Gasteiger partial charge on any atom is -0.262 e. The first-order valence-electron chi connectivity index (χ1n) is 3.47. The van der Waals surface area contributed by atoms with Crippen molar-refractivity contribution in [3.05, 3.63) is 20.2 Å². The summed E-state index contributed by atoms with van der Waals surface area (Å²) in [4.78, 5) is 22.1. The van der Waals surface area contributed by atoms with Crippen LogP contribution in [0.5, 0.6) is 0 Å². The van der Waals surface area contributed by atoms with Crippen molar-refractivity contribution in [3.63, 3.8) is 0 Å². The molecule has 1 saturated heterocycles. The van der Waals surface area contributed by atoms with Gasteiger partial charge < -0.3 is 0 Å². The minimum atomic E-state index is -0.647. The summed E-state index contributed by atoms with van der Waals surface area (Å²) in [6.07, 6.45) is 0. The summed E-state index contributed by atoms with van der Waals surface area (Å²) >= 11 is 0. The predicted molar refractivity (Wildman–Crippen MR) is 40.0 cm³/mol. The van der Waals surface area contributed by atoms with E-state index < -0.39 is 10.1 Å². The molecule has 0 atom stereocenters. The van der Waals surface area contributed by atoms with Gasteiger partial charge in [-0.3, -0.25) is 4.90 Å². The summed E-state index contributed by atoms with van der Waals surface area (Å²) in [5.41, 5.74) is 0. The second-order valence-corrected chi connectivity index (χ2v) is 2.77. The molecule has 0 N–H and O–H groups in total. The van der Waals surface area contributed by atoms with Gasteiger partial charge in [0, 0.05) is 0 Å². The molecule has 1 fully saturated rings. The summed E-state index contributed by atoms with van der Waals surface area (Å²) in [6.45, 7) is -0.0982. The first-order valence-corrected chi connectivity index (χ1v) is 3.47. The first kappa shape index (κ1) is 9.45. The average Bonchev–Trinajstić information content (AvgIpc) is 2.03. The third kappa shape index (κ3) is 2.15. The van der Waals surface area contributed by atoms with Crippen LogP contribution in [-0.4, -0.2) is 52.0 Å². The van der Waals surface area contributed by atoms with Gasteiger partial charge in [-0.1, -0.05) is 10.0 Å². The fourth-order valence-corrected chi connectivity index (χ4v) is 1.09. The Labute approximate surface area is 73.4 Å². The Kier molecular flexibility index (Phi) is 2.46. The smallest absolute Gasteiger partial charge is 0.210 e. The number of nitro groups is 2. The number of rotatable bonds is 2. The maximum atomic E-state index is 10.3. The lowest BCUT2D eigenvalue weighted by Gasteiger charge is -2.30. The highest BCUT2D eigenvalue weighted by molar-refractivity contribution is 4.53. The SMILES string of the molecule is CN1CN([N+](=O)[O-])CN([N+](=O)[O-])C1. The maximum Gasteiger partial charge on any atom is 0.210 e. The van der Waals surface area contributed by atoms with Gasteiger partial charge in [0.1, 0.15) is 13.3 Å². The Bertz CT molecular complexity index is 211. The van der Waals surface area contributed by atoms with Crippen LogP contribution in [0.25, 0.3) is 0 Å². The van der Waals surface area contributed by atoms with Crippen molar-refractivity contribution in [1.29, 1.82) is 0 Å². The molecule has 1 aliphatic rings. The summed E-state index contributed by atoms with van der Waals surface area (Å²) in [5.74, 6) is 0. The van der Waals surface area contributed by atoms with Crippen molar-refractivity contribution in [2.24, 2.45) is 0 Å². The molecule has 0 aliphatic carbocycles. The molecule has 74 valence electrons. The second kappa shape index (κ2) is 3.39. The molecule has 0 aromatic heterocycles. The summed E-state index contributed by atoms with van der Waals surface area (Å²) in [5, 5.41) is 20.9. The topological polar surface area (TPSA) is 96.0 Å². The van der Waals surface area contributed by atoms with E-state index in [2.05, 4.69) is 0 Å². The van der Waals surface area contributed by atoms with Gasteiger partial charge in [0.05, 0.1) is 0 Å². The second-order valence-electron chi connectivity index (χ2n) is 2.77. The maximum absolute atomic E-state index is 10.3. The Morgan fingerprint density at radius 1 is 1.00 bits per heavy atom. The van der Waals surface area contributed by atoms with Crippen molar-refractivity contribution in [2.75, 3.05) is 27.1 Å². The zero-order chi connectivity index (χ0) is 10.0. The molecule has 13 heavy (non-hydrogen) atoms. The van der Waals surface area contributed by atoms with Gasteiger partial charge in [-0.25, -0.2) is 20.2 Å². The van der Waals surface area contributed by atoms with Crippen LogP contribution < -0.4 is 0 Å². The van der Waals surface area contributed by atoms with Gasteiger partial charge in [-0.05, 0) is 7.05 Å². The highest BCUT2D eigenvalue weighted by atomic mass is 16.7. The van der Waals surface area contributed by atoms with Gasteiger partial charge in [-0.2, -0.15) is 0 Å². The van der Waals surface area contributed by atoms with E-state index in [0.717, 1.165) is 10.0 Å². The molecule has 0 aromatic carbocycles. The minimum absolute atomic E-state index is 0.0946. The standard InChI is InChI=1S/C4H9N5O4/c1-5-2-6(8(10)11)4-7(3-5)9(12)13/h2-4H2,1H3. The summed E-state index contributed by atoms with van der Waals surface area (Å²) in [6, 6.07) is 0. The summed E-state index contributed by atoms with van der Waals surface area (Å²) in [7, 11) is 1.58. The van der Waals surface area contributed by atoms with E-state index in [9.17, 15) is 20.2 Å². The predicted octanol–water partition coefficient (Wildman–Crippen LogP) is -1.21. The molecule has 9 heteroatoms. The van der Waals surface area contributed by atoms with Crippen LogP contribution in [0.4, 0.5) is 0 Å². The Morgan fingerprint density at radius 2 is 1.38 bits per heavy atom. The number of hydrogen-bond donors (Lipinski definition) is 0. The monoisotopic (exact) mass is 191 g/mol. The van der Waals surface area contributed by atoms with Crippen LogP contribution in [0.1, 0.15) is 0 Å². The van der Waals surface area contributed by atoms with Crippen molar-refractivity contribution in [3.8, 4) is 0 Å². The van der Waals surface area contributed by atoms with Gasteiger partial charge in [-0.15, -0.1) is 0 Å². The van der Waals surface area contributed by atoms with Gasteiger partial charge in [0.2, 0.25) is 6.67 Å². The van der Waals surface area contributed by atoms with E-state index >= 15 is 0 Å². The molecule has 1 heterocycles. The summed E-state index contributed by atoms with van der Waals surface area (Å²) < 4.78 is 0. The zero-order valence-electron chi connectivity index (χ0n) is 6.99. The van der Waals surface area contributed by atoms with E-state index in [0.29, 0.717) is 0 Å². The molecule has 0 bridgehead atoms. The number of nitrogens with zero attached hydrogens (tertiary/aromatic N) is 5. The van der Waals surface area contributed by atoms with Crippen LogP contribution in [0.15, 0.2) is 0 Å². The zero-order valence-corrected chi connectivity index (χ0v) is 6.99. The van der Waals surface area contributed by atoms with Gasteiger partial charge >= 0.3 is 0 Å². The lowest BCUT2D eigenvalue weighted by atomic mass is 10.6. The lowest BCUT2D eigenvalue weighted by Crippen LogP contribution is -2.56. The van der Waals surface area contributed by atoms with E-state index in [4.69, 9.17) is 0 Å². The third-order valence-corrected chi connectivity index (χ3v) is 1.60. The normalized spacial score (nSPS) is 18.8. The molecule has 9 nitrogen and oxygen atoms in total. The third-order valence-electron chi connectivity index (χ3n) is 1.60. The van der Waals surface area contributed by atoms with Crippen LogP contribution in [0.3, 0.4) is 0 Å². The fraction of sp³-hybridized carbons (Fsp3) is 1.00. The van der Waals surface area contributed by atoms with Crippen LogP contribution in [0, 0.1) is 20.2 Å². The lowest BCUT2D eigenvalue weighted by molar-refractivity contribution is -0.727. The largest absolute Gasteiger partial charge is 0.262 e. The Morgan fingerprint density at radius 3 is 1.69 bits per heavy atom. The molecule has 1 rings (SSSR count). The molecule has 0 unspecified atom stereocenters. The Balaban J connectivity index is 2.62. The number of hydrazine groups is 2. The van der Waals surface area contributed by atoms with Gasteiger partial charge in [0.25, 0.3) is 0 Å². The molecular weight excluding hydrogens is 182 g/mol. The number of hydrogen-bond acceptors (Lipinski definition) is 5. The van der Waals surface area contributed by atoms with Crippen LogP contribution in [-0.2, 0) is 0 Å². The highest BCUT2D eigenvalue weighted by Gasteiger charge is 2.32. The van der Waals surface area contributed by atoms with Crippen LogP contribution in [0.2, 0.25) is 0 Å². The van der Waals surface area contributed by atoms with E-state index in [-0.39, 0.29) is 20.0 Å². The van der Waals surface area contributed by atoms with Crippen molar-refractivity contribution < 1.29 is 10.1 Å². The Hall–Kier alpha value is -1.64. The van der Waals surface area contributed by atoms with Gasteiger partial charge in [0.15, 0.2) is 10.1 Å². The van der Waals surface area contributed by atoms with E-state index in [1.54, 1.807) is 7.05 Å². The highest BCUT2D eigenvalue weighted by Crippen LogP contribution is 2.04.